The lowest BCUT2D eigenvalue weighted by Gasteiger charge is -2.16. The Morgan fingerprint density at radius 2 is 2.28 bits per heavy atom. The molecule has 2 rings (SSSR count). The third-order valence-electron chi connectivity index (χ3n) is 3.03. The van der Waals surface area contributed by atoms with E-state index in [0.29, 0.717) is 18.7 Å². The summed E-state index contributed by atoms with van der Waals surface area (Å²) >= 11 is 11.4. The Balaban J connectivity index is 2.07. The highest BCUT2D eigenvalue weighted by Crippen LogP contribution is 2.24. The van der Waals surface area contributed by atoms with Gasteiger partial charge in [-0.25, -0.2) is 9.37 Å². The molecule has 2 heterocycles. The van der Waals surface area contributed by atoms with Crippen molar-refractivity contribution in [2.24, 2.45) is 11.7 Å². The topological polar surface area (TPSA) is 59.2 Å². The van der Waals surface area contributed by atoms with E-state index in [1.54, 1.807) is 0 Å². The van der Waals surface area contributed by atoms with Gasteiger partial charge in [-0.1, -0.05) is 23.2 Å². The molecule has 0 aromatic carbocycles. The van der Waals surface area contributed by atoms with Crippen LogP contribution in [-0.2, 0) is 11.3 Å². The highest BCUT2D eigenvalue weighted by molar-refractivity contribution is 6.32. The first kappa shape index (κ1) is 13.5. The van der Waals surface area contributed by atoms with Gasteiger partial charge in [-0.15, -0.1) is 0 Å². The number of rotatable bonds is 3. The molecule has 0 saturated carbocycles. The van der Waals surface area contributed by atoms with Crippen LogP contribution >= 0.6 is 23.2 Å². The normalized spacial score (nSPS) is 20.3. The number of hydrogen-bond acceptors (Lipinski definition) is 3. The van der Waals surface area contributed by atoms with Crippen LogP contribution in [0, 0.1) is 11.7 Å². The van der Waals surface area contributed by atoms with Crippen molar-refractivity contribution in [1.82, 2.24) is 9.88 Å². The summed E-state index contributed by atoms with van der Waals surface area (Å²) in [6, 6.07) is 1.27. The molecule has 0 spiro atoms. The third-order valence-corrected chi connectivity index (χ3v) is 3.62. The van der Waals surface area contributed by atoms with E-state index in [4.69, 9.17) is 28.9 Å². The first-order valence-electron chi connectivity index (χ1n) is 5.49. The van der Waals surface area contributed by atoms with Crippen LogP contribution in [0.1, 0.15) is 12.0 Å². The van der Waals surface area contributed by atoms with E-state index in [-0.39, 0.29) is 22.1 Å². The van der Waals surface area contributed by atoms with E-state index in [2.05, 4.69) is 4.98 Å². The fourth-order valence-electron chi connectivity index (χ4n) is 2.04. The minimum atomic E-state index is -0.596. The van der Waals surface area contributed by atoms with E-state index in [1.165, 1.54) is 6.07 Å². The molecular formula is C11H12Cl2FN3O. The van der Waals surface area contributed by atoms with Crippen molar-refractivity contribution in [2.75, 3.05) is 13.1 Å². The number of amides is 1. The first-order chi connectivity index (χ1) is 8.47. The third kappa shape index (κ3) is 2.91. The van der Waals surface area contributed by atoms with Crippen molar-refractivity contribution in [1.29, 1.82) is 0 Å². The van der Waals surface area contributed by atoms with Gasteiger partial charge in [0.1, 0.15) is 5.15 Å². The van der Waals surface area contributed by atoms with Crippen molar-refractivity contribution in [3.63, 3.8) is 0 Å². The Labute approximate surface area is 114 Å². The van der Waals surface area contributed by atoms with E-state index >= 15 is 0 Å². The molecule has 1 aromatic rings. The Bertz CT molecular complexity index is 484. The number of nitrogens with zero attached hydrogens (tertiary/aromatic N) is 2. The summed E-state index contributed by atoms with van der Waals surface area (Å²) in [4.78, 5) is 16.7. The Kier molecular flexibility index (Phi) is 4.04. The van der Waals surface area contributed by atoms with Crippen molar-refractivity contribution in [3.8, 4) is 0 Å². The molecule has 1 aliphatic heterocycles. The number of hydrogen-bond donors (Lipinski definition) is 1. The predicted molar refractivity (Wildman–Crippen MR) is 66.8 cm³/mol. The average molecular weight is 292 g/mol. The van der Waals surface area contributed by atoms with E-state index in [0.717, 1.165) is 13.0 Å². The fraction of sp³-hybridized carbons (Fsp3) is 0.455. The maximum absolute atomic E-state index is 13.3. The number of carbonyl (C=O) groups excluding carboxylic acids is 1. The molecule has 2 N–H and O–H groups in total. The number of halogens is 3. The minimum absolute atomic E-state index is 0.145. The lowest BCUT2D eigenvalue weighted by molar-refractivity contribution is -0.121. The van der Waals surface area contributed by atoms with Gasteiger partial charge in [0.05, 0.1) is 5.92 Å². The molecule has 98 valence electrons. The number of aromatic nitrogens is 1. The molecule has 1 aromatic heterocycles. The Hall–Kier alpha value is -0.910. The molecule has 1 atom stereocenters. The van der Waals surface area contributed by atoms with Gasteiger partial charge >= 0.3 is 0 Å². The summed E-state index contributed by atoms with van der Waals surface area (Å²) in [5, 5.41) is -0.0518. The highest BCUT2D eigenvalue weighted by atomic mass is 35.5. The summed E-state index contributed by atoms with van der Waals surface area (Å²) in [5.41, 5.74) is 5.80. The molecule has 0 unspecified atom stereocenters. The zero-order valence-corrected chi connectivity index (χ0v) is 11.0. The van der Waals surface area contributed by atoms with Crippen LogP contribution in [0.5, 0.6) is 0 Å². The van der Waals surface area contributed by atoms with Crippen LogP contribution in [0.4, 0.5) is 4.39 Å². The molecule has 1 saturated heterocycles. The fourth-order valence-corrected chi connectivity index (χ4v) is 2.42. The second-order valence-electron chi connectivity index (χ2n) is 4.33. The molecule has 1 aliphatic rings. The van der Waals surface area contributed by atoms with Crippen LogP contribution in [0.2, 0.25) is 10.3 Å². The maximum atomic E-state index is 13.3. The number of likely N-dealkylation sites (tertiary alicyclic amines) is 1. The maximum Gasteiger partial charge on any atom is 0.221 e. The number of carbonyl (C=O) groups is 1. The lowest BCUT2D eigenvalue weighted by Crippen LogP contribution is -2.27. The Morgan fingerprint density at radius 1 is 1.56 bits per heavy atom. The second kappa shape index (κ2) is 5.38. The minimum Gasteiger partial charge on any atom is -0.369 e. The van der Waals surface area contributed by atoms with Gasteiger partial charge in [0.15, 0.2) is 11.0 Å². The summed E-state index contributed by atoms with van der Waals surface area (Å²) in [7, 11) is 0. The van der Waals surface area contributed by atoms with Crippen LogP contribution in [0.25, 0.3) is 0 Å². The molecule has 7 heteroatoms. The highest BCUT2D eigenvalue weighted by Gasteiger charge is 2.27. The van der Waals surface area contributed by atoms with Gasteiger partial charge in [-0.3, -0.25) is 9.69 Å². The van der Waals surface area contributed by atoms with Gasteiger partial charge in [-0.2, -0.15) is 0 Å². The van der Waals surface area contributed by atoms with Gasteiger partial charge < -0.3 is 5.73 Å². The van der Waals surface area contributed by atoms with Crippen LogP contribution in [0.15, 0.2) is 6.07 Å². The van der Waals surface area contributed by atoms with E-state index in [1.807, 2.05) is 4.90 Å². The molecule has 4 nitrogen and oxygen atoms in total. The van der Waals surface area contributed by atoms with Crippen LogP contribution < -0.4 is 5.73 Å². The molecule has 18 heavy (non-hydrogen) atoms. The monoisotopic (exact) mass is 291 g/mol. The van der Waals surface area contributed by atoms with Crippen molar-refractivity contribution >= 4 is 29.1 Å². The average Bonchev–Trinajstić information content (AvgIpc) is 2.74. The predicted octanol–water partition coefficient (Wildman–Crippen LogP) is 1.83. The number of nitrogens with two attached hydrogens (primary N) is 1. The zero-order chi connectivity index (χ0) is 13.3. The van der Waals surface area contributed by atoms with E-state index in [9.17, 15) is 9.18 Å². The molecule has 0 aliphatic carbocycles. The molecular weight excluding hydrogens is 280 g/mol. The Morgan fingerprint density at radius 3 is 2.89 bits per heavy atom. The van der Waals surface area contributed by atoms with Crippen LogP contribution in [0.3, 0.4) is 0 Å². The van der Waals surface area contributed by atoms with Gasteiger partial charge in [-0.05, 0) is 19.0 Å². The largest absolute Gasteiger partial charge is 0.369 e. The SMILES string of the molecule is NC(=O)[C@@H]1CCN(Cc2cc(F)c(Cl)nc2Cl)C1. The second-order valence-corrected chi connectivity index (χ2v) is 5.05. The summed E-state index contributed by atoms with van der Waals surface area (Å²) < 4.78 is 13.3. The summed E-state index contributed by atoms with van der Waals surface area (Å²) in [6.07, 6.45) is 0.719. The van der Waals surface area contributed by atoms with Gasteiger partial charge in [0.2, 0.25) is 5.91 Å². The number of primary amides is 1. The number of pyridine rings is 1. The van der Waals surface area contributed by atoms with Crippen molar-refractivity contribution in [2.45, 2.75) is 13.0 Å². The van der Waals surface area contributed by atoms with Crippen LogP contribution in [-0.4, -0.2) is 28.9 Å². The van der Waals surface area contributed by atoms with Gasteiger partial charge in [0.25, 0.3) is 0 Å². The summed E-state index contributed by atoms with van der Waals surface area (Å²) in [6.45, 7) is 1.73. The molecule has 1 amide bonds. The van der Waals surface area contributed by atoms with Crippen molar-refractivity contribution < 1.29 is 9.18 Å². The first-order valence-corrected chi connectivity index (χ1v) is 6.25. The smallest absolute Gasteiger partial charge is 0.221 e. The lowest BCUT2D eigenvalue weighted by atomic mass is 10.1. The summed E-state index contributed by atoms with van der Waals surface area (Å²) in [5.74, 6) is -1.04. The quantitative estimate of drug-likeness (QED) is 0.865. The van der Waals surface area contributed by atoms with Crippen molar-refractivity contribution in [3.05, 3.63) is 27.8 Å². The standard InChI is InChI=1S/C11H12Cl2FN3O/c12-9-7(3-8(14)10(13)16-9)5-17-2-1-6(4-17)11(15)18/h3,6H,1-2,4-5H2,(H2,15,18)/t6-/m1/s1. The molecule has 0 bridgehead atoms. The van der Waals surface area contributed by atoms with E-state index < -0.39 is 5.82 Å². The molecule has 1 fully saturated rings. The van der Waals surface area contributed by atoms with Gasteiger partial charge in [0, 0.05) is 18.7 Å². The molecule has 0 radical (unpaired) electrons. The zero-order valence-electron chi connectivity index (χ0n) is 9.50.